The van der Waals surface area contributed by atoms with Crippen molar-refractivity contribution in [2.45, 2.75) is 19.4 Å². The second-order valence-electron chi connectivity index (χ2n) is 4.13. The van der Waals surface area contributed by atoms with E-state index in [0.717, 1.165) is 6.42 Å². The number of ether oxygens (including phenoxy) is 1. The number of benzene rings is 1. The largest absolute Gasteiger partial charge is 0.485 e. The summed E-state index contributed by atoms with van der Waals surface area (Å²) in [5.41, 5.74) is 5.40. The lowest BCUT2D eigenvalue weighted by Crippen LogP contribution is -2.01. The van der Waals surface area contributed by atoms with Crippen molar-refractivity contribution in [3.05, 3.63) is 46.0 Å². The summed E-state index contributed by atoms with van der Waals surface area (Å²) in [5, 5.41) is 17.4. The highest BCUT2D eigenvalue weighted by Crippen LogP contribution is 2.19. The van der Waals surface area contributed by atoms with E-state index >= 15 is 0 Å². The highest BCUT2D eigenvalue weighted by Gasteiger charge is 2.08. The molecule has 0 radical (unpaired) electrons. The third-order valence-corrected chi connectivity index (χ3v) is 2.59. The fourth-order valence-electron chi connectivity index (χ4n) is 1.61. The highest BCUT2D eigenvalue weighted by molar-refractivity contribution is 5.37. The van der Waals surface area contributed by atoms with E-state index in [-0.39, 0.29) is 12.3 Å². The lowest BCUT2D eigenvalue weighted by atomic mass is 10.3. The Hall–Kier alpha value is -2.48. The molecule has 0 atom stereocenters. The zero-order valence-corrected chi connectivity index (χ0v) is 10.8. The minimum atomic E-state index is -0.466. The Morgan fingerprint density at radius 3 is 3.05 bits per heavy atom. The molecule has 0 bridgehead atoms. The number of H-pyrrole nitrogens is 1. The van der Waals surface area contributed by atoms with E-state index < -0.39 is 4.92 Å². The van der Waals surface area contributed by atoms with Crippen LogP contribution in [-0.4, -0.2) is 26.6 Å². The van der Waals surface area contributed by atoms with Crippen LogP contribution >= 0.6 is 0 Å². The summed E-state index contributed by atoms with van der Waals surface area (Å²) in [5.74, 6) is 1.68. The molecule has 0 unspecified atom stereocenters. The van der Waals surface area contributed by atoms with Crippen molar-refractivity contribution in [2.75, 3.05) is 6.54 Å². The number of nitro groups is 1. The van der Waals surface area contributed by atoms with Crippen LogP contribution in [-0.2, 0) is 13.0 Å². The van der Waals surface area contributed by atoms with Gasteiger partial charge in [-0.15, -0.1) is 0 Å². The van der Waals surface area contributed by atoms with Crippen molar-refractivity contribution in [1.82, 2.24) is 15.2 Å². The van der Waals surface area contributed by atoms with E-state index in [4.69, 9.17) is 10.5 Å². The van der Waals surface area contributed by atoms with E-state index in [2.05, 4.69) is 15.2 Å². The third-order valence-electron chi connectivity index (χ3n) is 2.59. The van der Waals surface area contributed by atoms with Gasteiger partial charge in [-0.25, -0.2) is 4.98 Å². The first kappa shape index (κ1) is 13.9. The predicted molar refractivity (Wildman–Crippen MR) is 71.2 cm³/mol. The molecule has 1 heterocycles. The van der Waals surface area contributed by atoms with Gasteiger partial charge in [-0.2, -0.15) is 5.10 Å². The second kappa shape index (κ2) is 6.62. The molecule has 106 valence electrons. The van der Waals surface area contributed by atoms with Gasteiger partial charge in [0.15, 0.2) is 11.6 Å². The van der Waals surface area contributed by atoms with Gasteiger partial charge >= 0.3 is 0 Å². The molecule has 0 fully saturated rings. The van der Waals surface area contributed by atoms with Gasteiger partial charge in [0.05, 0.1) is 11.0 Å². The van der Waals surface area contributed by atoms with Crippen molar-refractivity contribution < 1.29 is 9.66 Å². The van der Waals surface area contributed by atoms with Crippen molar-refractivity contribution in [3.8, 4) is 5.75 Å². The molecule has 8 nitrogen and oxygen atoms in total. The molecule has 0 aliphatic carbocycles. The molecule has 0 saturated carbocycles. The topological polar surface area (TPSA) is 120 Å². The monoisotopic (exact) mass is 277 g/mol. The maximum absolute atomic E-state index is 10.6. The molecule has 2 aromatic rings. The molecular weight excluding hydrogens is 262 g/mol. The molecule has 8 heteroatoms. The number of nitrogens with two attached hydrogens (primary N) is 1. The number of aromatic nitrogens is 3. The van der Waals surface area contributed by atoms with Gasteiger partial charge in [0.25, 0.3) is 5.69 Å². The predicted octanol–water partition coefficient (Wildman–Crippen LogP) is 1.18. The van der Waals surface area contributed by atoms with Crippen molar-refractivity contribution in [2.24, 2.45) is 5.73 Å². The third kappa shape index (κ3) is 3.75. The number of nitrogens with one attached hydrogen (secondary N) is 1. The van der Waals surface area contributed by atoms with E-state index in [9.17, 15) is 10.1 Å². The number of aryl methyl sites for hydroxylation is 1. The Kier molecular flexibility index (Phi) is 4.61. The van der Waals surface area contributed by atoms with Crippen LogP contribution in [0.2, 0.25) is 0 Å². The average Bonchev–Trinajstić information content (AvgIpc) is 2.91. The van der Waals surface area contributed by atoms with E-state index in [1.54, 1.807) is 12.1 Å². The van der Waals surface area contributed by atoms with Gasteiger partial charge in [-0.05, 0) is 19.0 Å². The van der Waals surface area contributed by atoms with E-state index in [1.165, 1.54) is 12.1 Å². The number of nitro benzene ring substituents is 1. The van der Waals surface area contributed by atoms with Crippen LogP contribution in [0.25, 0.3) is 0 Å². The molecule has 1 aromatic heterocycles. The summed E-state index contributed by atoms with van der Waals surface area (Å²) in [4.78, 5) is 14.4. The Morgan fingerprint density at radius 1 is 1.45 bits per heavy atom. The first-order valence-corrected chi connectivity index (χ1v) is 6.16. The number of hydrogen-bond acceptors (Lipinski definition) is 6. The molecule has 20 heavy (non-hydrogen) atoms. The minimum Gasteiger partial charge on any atom is -0.485 e. The lowest BCUT2D eigenvalue weighted by Gasteiger charge is -2.03. The number of non-ortho nitro benzene ring substituents is 1. The minimum absolute atomic E-state index is 0.0105. The van der Waals surface area contributed by atoms with Crippen molar-refractivity contribution in [3.63, 3.8) is 0 Å². The van der Waals surface area contributed by atoms with Crippen LogP contribution in [0.1, 0.15) is 18.1 Å². The quantitative estimate of drug-likeness (QED) is 0.579. The summed E-state index contributed by atoms with van der Waals surface area (Å²) in [6, 6.07) is 6.00. The average molecular weight is 277 g/mol. The number of nitrogens with zero attached hydrogens (tertiary/aromatic N) is 3. The number of rotatable bonds is 7. The molecule has 0 aliphatic rings. The standard InChI is InChI=1S/C12H15N5O3/c13-6-2-5-11-14-12(16-15-11)8-20-10-4-1-3-9(7-10)17(18)19/h1,3-4,7H,2,5-6,8,13H2,(H,14,15,16). The SMILES string of the molecule is NCCCc1n[nH]c(COc2cccc([N+](=O)[O-])c2)n1. The Labute approximate surface area is 115 Å². The lowest BCUT2D eigenvalue weighted by molar-refractivity contribution is -0.384. The fourth-order valence-corrected chi connectivity index (χ4v) is 1.61. The van der Waals surface area contributed by atoms with Gasteiger partial charge in [0, 0.05) is 12.5 Å². The Bertz CT molecular complexity index is 584. The molecule has 1 aromatic carbocycles. The van der Waals surface area contributed by atoms with Crippen LogP contribution in [0.4, 0.5) is 5.69 Å². The second-order valence-corrected chi connectivity index (χ2v) is 4.13. The van der Waals surface area contributed by atoms with Crippen LogP contribution in [0, 0.1) is 10.1 Å². The van der Waals surface area contributed by atoms with Gasteiger partial charge in [-0.1, -0.05) is 6.07 Å². The van der Waals surface area contributed by atoms with Crippen LogP contribution in [0.15, 0.2) is 24.3 Å². The fraction of sp³-hybridized carbons (Fsp3) is 0.333. The summed E-state index contributed by atoms with van der Waals surface area (Å²) in [6.07, 6.45) is 1.53. The molecule has 3 N–H and O–H groups in total. The van der Waals surface area contributed by atoms with Gasteiger partial charge < -0.3 is 10.5 Å². The van der Waals surface area contributed by atoms with Crippen LogP contribution in [0.3, 0.4) is 0 Å². The van der Waals surface area contributed by atoms with Crippen LogP contribution < -0.4 is 10.5 Å². The first-order valence-electron chi connectivity index (χ1n) is 6.16. The maximum Gasteiger partial charge on any atom is 0.273 e. The van der Waals surface area contributed by atoms with E-state index in [1.807, 2.05) is 0 Å². The number of hydrogen-bond donors (Lipinski definition) is 2. The smallest absolute Gasteiger partial charge is 0.273 e. The molecule has 0 saturated heterocycles. The van der Waals surface area contributed by atoms with Gasteiger partial charge in [0.2, 0.25) is 0 Å². The normalized spacial score (nSPS) is 10.4. The Balaban J connectivity index is 1.93. The molecular formula is C12H15N5O3. The zero-order valence-electron chi connectivity index (χ0n) is 10.8. The van der Waals surface area contributed by atoms with E-state index in [0.29, 0.717) is 30.4 Å². The summed E-state index contributed by atoms with van der Waals surface area (Å²) in [7, 11) is 0. The van der Waals surface area contributed by atoms with Gasteiger partial charge in [0.1, 0.15) is 12.4 Å². The first-order chi connectivity index (χ1) is 9.69. The molecule has 2 rings (SSSR count). The highest BCUT2D eigenvalue weighted by atomic mass is 16.6. The van der Waals surface area contributed by atoms with Crippen LogP contribution in [0.5, 0.6) is 5.75 Å². The van der Waals surface area contributed by atoms with Gasteiger partial charge in [-0.3, -0.25) is 15.2 Å². The summed E-state index contributed by atoms with van der Waals surface area (Å²) in [6.45, 7) is 0.769. The van der Waals surface area contributed by atoms with Crippen molar-refractivity contribution >= 4 is 5.69 Å². The molecule has 0 spiro atoms. The van der Waals surface area contributed by atoms with Crippen molar-refractivity contribution in [1.29, 1.82) is 0 Å². The number of aromatic amines is 1. The Morgan fingerprint density at radius 2 is 2.30 bits per heavy atom. The molecule has 0 amide bonds. The summed E-state index contributed by atoms with van der Waals surface area (Å²) >= 11 is 0. The summed E-state index contributed by atoms with van der Waals surface area (Å²) < 4.78 is 5.44. The zero-order chi connectivity index (χ0) is 14.4. The molecule has 0 aliphatic heterocycles. The maximum atomic E-state index is 10.6.